The van der Waals surface area contributed by atoms with E-state index in [4.69, 9.17) is 0 Å². The molecule has 0 spiro atoms. The minimum atomic E-state index is -1.41. The summed E-state index contributed by atoms with van der Waals surface area (Å²) >= 11 is 0. The number of carbonyl (C=O) groups is 1. The molecule has 0 radical (unpaired) electrons. The molecule has 4 rings (SSSR count). The third-order valence-electron chi connectivity index (χ3n) is 6.03. The summed E-state index contributed by atoms with van der Waals surface area (Å²) in [5.74, 6) is -3.03. The Kier molecular flexibility index (Phi) is 5.62. The molecule has 2 aliphatic rings. The molecule has 6 nitrogen and oxygen atoms in total. The number of fused-ring (bicyclic) bond motifs is 3. The zero-order chi connectivity index (χ0) is 20.3. The predicted molar refractivity (Wildman–Crippen MR) is 109 cm³/mol. The van der Waals surface area contributed by atoms with Gasteiger partial charge in [0.05, 0.1) is 10.9 Å². The Morgan fingerprint density at radius 3 is 2.48 bits per heavy atom. The van der Waals surface area contributed by atoms with Crippen LogP contribution in [0.3, 0.4) is 0 Å². The van der Waals surface area contributed by atoms with Gasteiger partial charge >= 0.3 is 5.97 Å². The molecule has 2 fully saturated rings. The SMILES string of the molecule is CCn1cc(C(=O)O)c(=O)c2cc(F)c(N3CC4CC3CN4C(C)C)c(F)c21.Cl. The molecule has 9 heteroatoms. The fourth-order valence-electron chi connectivity index (χ4n) is 4.75. The predicted octanol–water partition coefficient (Wildman–Crippen LogP) is 3.09. The highest BCUT2D eigenvalue weighted by Gasteiger charge is 2.45. The third-order valence-corrected chi connectivity index (χ3v) is 6.03. The normalized spacial score (nSPS) is 21.2. The van der Waals surface area contributed by atoms with Gasteiger partial charge < -0.3 is 14.6 Å². The van der Waals surface area contributed by atoms with E-state index in [2.05, 4.69) is 18.7 Å². The van der Waals surface area contributed by atoms with Crippen LogP contribution in [0.25, 0.3) is 10.9 Å². The molecule has 2 unspecified atom stereocenters. The van der Waals surface area contributed by atoms with Crippen LogP contribution in [0.4, 0.5) is 14.5 Å². The van der Waals surface area contributed by atoms with Crippen molar-refractivity contribution in [2.75, 3.05) is 18.0 Å². The summed E-state index contributed by atoms with van der Waals surface area (Å²) in [6, 6.07) is 1.64. The van der Waals surface area contributed by atoms with Gasteiger partial charge in [-0.1, -0.05) is 0 Å². The number of hydrogen-bond donors (Lipinski definition) is 1. The van der Waals surface area contributed by atoms with Crippen LogP contribution in [0.5, 0.6) is 0 Å². The molecule has 1 aromatic carbocycles. The highest BCUT2D eigenvalue weighted by atomic mass is 35.5. The number of aryl methyl sites for hydroxylation is 1. The highest BCUT2D eigenvalue weighted by molar-refractivity contribution is 5.94. The van der Waals surface area contributed by atoms with Gasteiger partial charge in [-0.2, -0.15) is 0 Å². The maximum Gasteiger partial charge on any atom is 0.341 e. The van der Waals surface area contributed by atoms with E-state index >= 15 is 4.39 Å². The zero-order valence-electron chi connectivity index (χ0n) is 16.5. The van der Waals surface area contributed by atoms with Crippen molar-refractivity contribution in [2.45, 2.75) is 51.9 Å². The van der Waals surface area contributed by atoms with Crippen molar-refractivity contribution in [1.82, 2.24) is 9.47 Å². The zero-order valence-corrected chi connectivity index (χ0v) is 17.3. The van der Waals surface area contributed by atoms with E-state index in [-0.39, 0.29) is 47.6 Å². The first kappa shape index (κ1) is 21.5. The van der Waals surface area contributed by atoms with Crippen LogP contribution < -0.4 is 10.3 Å². The summed E-state index contributed by atoms with van der Waals surface area (Å²) < 4.78 is 31.9. The summed E-state index contributed by atoms with van der Waals surface area (Å²) in [6.45, 7) is 7.48. The lowest BCUT2D eigenvalue weighted by molar-refractivity contribution is 0.0695. The smallest absolute Gasteiger partial charge is 0.341 e. The number of hydrogen-bond acceptors (Lipinski definition) is 4. The van der Waals surface area contributed by atoms with Gasteiger partial charge in [0, 0.05) is 44.0 Å². The van der Waals surface area contributed by atoms with Crippen molar-refractivity contribution >= 4 is 35.0 Å². The van der Waals surface area contributed by atoms with Crippen LogP contribution in [0.15, 0.2) is 17.1 Å². The van der Waals surface area contributed by atoms with Crippen LogP contribution in [-0.2, 0) is 6.54 Å². The lowest BCUT2D eigenvalue weighted by Gasteiger charge is -2.38. The molecule has 0 amide bonds. The van der Waals surface area contributed by atoms with Gasteiger partial charge in [-0.05, 0) is 33.3 Å². The second-order valence-electron chi connectivity index (χ2n) is 7.87. The Hall–Kier alpha value is -2.19. The second-order valence-corrected chi connectivity index (χ2v) is 7.87. The largest absolute Gasteiger partial charge is 0.477 e. The van der Waals surface area contributed by atoms with Gasteiger partial charge in [0.2, 0.25) is 5.43 Å². The summed E-state index contributed by atoms with van der Waals surface area (Å²) in [7, 11) is 0. The standard InChI is InChI=1S/C20H23F2N3O3.ClH/c1-4-23-9-14(20(27)28)19(26)13-6-15(21)18(16(22)17(13)23)25-8-11-5-12(25)7-24(11)10(2)3;/h6,9-12H,4-5,7-8H2,1-3H3,(H,27,28);1H. The molecule has 158 valence electrons. The summed E-state index contributed by atoms with van der Waals surface area (Å²) in [4.78, 5) is 27.9. The van der Waals surface area contributed by atoms with Crippen molar-refractivity contribution in [3.8, 4) is 0 Å². The van der Waals surface area contributed by atoms with Gasteiger partial charge in [0.25, 0.3) is 0 Å². The Bertz CT molecular complexity index is 1040. The van der Waals surface area contributed by atoms with E-state index in [1.54, 1.807) is 11.8 Å². The Morgan fingerprint density at radius 2 is 1.97 bits per heavy atom. The lowest BCUT2D eigenvalue weighted by atomic mass is 10.1. The minimum absolute atomic E-state index is 0. The summed E-state index contributed by atoms with van der Waals surface area (Å²) in [5, 5.41) is 9.00. The Labute approximate surface area is 173 Å². The Balaban J connectivity index is 0.00000240. The average Bonchev–Trinajstić information content (AvgIpc) is 3.23. The van der Waals surface area contributed by atoms with E-state index < -0.39 is 28.6 Å². The molecule has 3 heterocycles. The molecule has 2 saturated heterocycles. The maximum atomic E-state index is 15.5. The number of carboxylic acid groups (broad SMARTS) is 1. The van der Waals surface area contributed by atoms with Gasteiger partial charge in [0.1, 0.15) is 17.1 Å². The first-order chi connectivity index (χ1) is 13.2. The van der Waals surface area contributed by atoms with Crippen LogP contribution in [0.2, 0.25) is 0 Å². The highest BCUT2D eigenvalue weighted by Crippen LogP contribution is 2.39. The quantitative estimate of drug-likeness (QED) is 0.812. The number of likely N-dealkylation sites (tertiary alicyclic amines) is 1. The molecule has 0 saturated carbocycles. The number of piperazine rings is 1. The number of pyridine rings is 1. The summed E-state index contributed by atoms with van der Waals surface area (Å²) in [5.41, 5.74) is -1.52. The van der Waals surface area contributed by atoms with Crippen LogP contribution in [-0.4, -0.2) is 51.8 Å². The first-order valence-electron chi connectivity index (χ1n) is 9.55. The molecule has 2 bridgehead atoms. The molecule has 2 atom stereocenters. The molecule has 29 heavy (non-hydrogen) atoms. The fourth-order valence-corrected chi connectivity index (χ4v) is 4.75. The number of aromatic nitrogens is 1. The average molecular weight is 428 g/mol. The second kappa shape index (κ2) is 7.57. The minimum Gasteiger partial charge on any atom is -0.477 e. The van der Waals surface area contributed by atoms with E-state index in [1.807, 2.05) is 0 Å². The van der Waals surface area contributed by atoms with Crippen molar-refractivity contribution in [3.05, 3.63) is 39.7 Å². The van der Waals surface area contributed by atoms with Crippen molar-refractivity contribution in [2.24, 2.45) is 0 Å². The van der Waals surface area contributed by atoms with Crippen LogP contribution in [0.1, 0.15) is 37.6 Å². The van der Waals surface area contributed by atoms with Crippen LogP contribution >= 0.6 is 12.4 Å². The number of halogens is 3. The Morgan fingerprint density at radius 1 is 1.28 bits per heavy atom. The van der Waals surface area contributed by atoms with Gasteiger partial charge in [-0.3, -0.25) is 9.69 Å². The third kappa shape index (κ3) is 3.18. The van der Waals surface area contributed by atoms with Crippen molar-refractivity contribution < 1.29 is 18.7 Å². The molecule has 2 aliphatic heterocycles. The number of carboxylic acids is 1. The van der Waals surface area contributed by atoms with Gasteiger partial charge in [0.15, 0.2) is 5.82 Å². The molecule has 0 aliphatic carbocycles. The first-order valence-corrected chi connectivity index (χ1v) is 9.55. The van der Waals surface area contributed by atoms with Crippen molar-refractivity contribution in [3.63, 3.8) is 0 Å². The molecular formula is C20H24ClF2N3O3. The summed E-state index contributed by atoms with van der Waals surface area (Å²) in [6.07, 6.45) is 1.99. The molecule has 2 aromatic rings. The molecule has 1 N–H and O–H groups in total. The van der Waals surface area contributed by atoms with E-state index in [0.29, 0.717) is 12.6 Å². The molecular weight excluding hydrogens is 404 g/mol. The number of nitrogens with zero attached hydrogens (tertiary/aromatic N) is 3. The topological polar surface area (TPSA) is 65.8 Å². The van der Waals surface area contributed by atoms with Crippen LogP contribution in [0, 0.1) is 11.6 Å². The number of benzene rings is 1. The van der Waals surface area contributed by atoms with Gasteiger partial charge in [-0.15, -0.1) is 12.4 Å². The number of aromatic carboxylic acids is 1. The van der Waals surface area contributed by atoms with E-state index in [9.17, 15) is 19.1 Å². The van der Waals surface area contributed by atoms with E-state index in [0.717, 1.165) is 25.2 Å². The molecule has 1 aromatic heterocycles. The van der Waals surface area contributed by atoms with E-state index in [1.165, 1.54) is 4.57 Å². The monoisotopic (exact) mass is 427 g/mol. The van der Waals surface area contributed by atoms with Crippen molar-refractivity contribution in [1.29, 1.82) is 0 Å². The number of rotatable bonds is 4. The van der Waals surface area contributed by atoms with Gasteiger partial charge in [-0.25, -0.2) is 13.6 Å². The fraction of sp³-hybridized carbons (Fsp3) is 0.500. The number of anilines is 1. The maximum absolute atomic E-state index is 15.5. The lowest BCUT2D eigenvalue weighted by Crippen LogP contribution is -2.49.